The summed E-state index contributed by atoms with van der Waals surface area (Å²) in [5.74, 6) is -1.50. The Labute approximate surface area is 227 Å². The number of ether oxygens (including phenoxy) is 3. The highest BCUT2D eigenvalue weighted by Gasteiger charge is 2.61. The van der Waals surface area contributed by atoms with Crippen LogP contribution in [0.2, 0.25) is 0 Å². The largest absolute Gasteiger partial charge is 0.508 e. The van der Waals surface area contributed by atoms with E-state index in [0.29, 0.717) is 12.2 Å². The van der Waals surface area contributed by atoms with Gasteiger partial charge in [0.2, 0.25) is 5.91 Å². The fraction of sp³-hybridized carbons (Fsp3) is 0.414. The Morgan fingerprint density at radius 3 is 2.74 bits per heavy atom. The van der Waals surface area contributed by atoms with E-state index in [-0.39, 0.29) is 31.1 Å². The van der Waals surface area contributed by atoms with Crippen molar-refractivity contribution in [2.75, 3.05) is 19.8 Å². The van der Waals surface area contributed by atoms with Crippen molar-refractivity contribution < 1.29 is 28.6 Å². The van der Waals surface area contributed by atoms with Gasteiger partial charge in [-0.25, -0.2) is 13.9 Å². The summed E-state index contributed by atoms with van der Waals surface area (Å²) < 4.78 is 18.0. The molecule has 1 saturated heterocycles. The molecular weight excluding hydrogens is 504 g/mol. The first-order chi connectivity index (χ1) is 18.3. The Bertz CT molecular complexity index is 1250. The quantitative estimate of drug-likeness (QED) is 0.195. The van der Waals surface area contributed by atoms with E-state index in [1.165, 1.54) is 38.6 Å². The molecule has 0 aromatic heterocycles. The third-order valence-corrected chi connectivity index (χ3v) is 8.79. The number of carbonyl (C=O) groups is 3. The van der Waals surface area contributed by atoms with Crippen molar-refractivity contribution in [3.05, 3.63) is 71.5 Å². The van der Waals surface area contributed by atoms with Crippen molar-refractivity contribution in [3.63, 3.8) is 0 Å². The number of hydrogen-bond acceptors (Lipinski definition) is 8. The lowest BCUT2D eigenvalue weighted by atomic mass is 9.77. The second-order valence-electron chi connectivity index (χ2n) is 9.90. The van der Waals surface area contributed by atoms with Gasteiger partial charge in [0, 0.05) is 23.9 Å². The zero-order valence-corrected chi connectivity index (χ0v) is 22.5. The zero-order valence-electron chi connectivity index (χ0n) is 21.7. The van der Waals surface area contributed by atoms with E-state index in [1.54, 1.807) is 18.9 Å². The summed E-state index contributed by atoms with van der Waals surface area (Å²) >= 11 is 1.72. The van der Waals surface area contributed by atoms with E-state index in [0.717, 1.165) is 25.0 Å². The number of rotatable bonds is 9. The molecule has 4 aliphatic rings. The van der Waals surface area contributed by atoms with Crippen LogP contribution in [0.1, 0.15) is 37.0 Å². The molecule has 0 spiro atoms. The first kappa shape index (κ1) is 26.3. The van der Waals surface area contributed by atoms with E-state index in [1.807, 2.05) is 6.92 Å². The van der Waals surface area contributed by atoms with Crippen molar-refractivity contribution in [1.29, 1.82) is 0 Å². The van der Waals surface area contributed by atoms with Crippen molar-refractivity contribution in [2.24, 2.45) is 11.8 Å². The third kappa shape index (κ3) is 4.58. The van der Waals surface area contributed by atoms with Crippen molar-refractivity contribution in [3.8, 4) is 0 Å². The normalized spacial score (nSPS) is 24.2. The number of carbonyl (C=O) groups excluding carboxylic acids is 3. The van der Waals surface area contributed by atoms with Crippen molar-refractivity contribution in [1.82, 2.24) is 9.21 Å². The highest BCUT2D eigenvalue weighted by molar-refractivity contribution is 7.97. The first-order valence-electron chi connectivity index (χ1n) is 12.9. The minimum Gasteiger partial charge on any atom is -0.457 e. The van der Waals surface area contributed by atoms with Gasteiger partial charge >= 0.3 is 12.1 Å². The minimum absolute atomic E-state index is 0.0243. The summed E-state index contributed by atoms with van der Waals surface area (Å²) in [6.07, 6.45) is 7.84. The molecule has 3 aliphatic heterocycles. The number of β-lactam (4-membered cyclic amide) rings is 1. The molecule has 1 fully saturated rings. The van der Waals surface area contributed by atoms with Crippen LogP contribution in [0.25, 0.3) is 6.08 Å². The second kappa shape index (κ2) is 10.8. The Morgan fingerprint density at radius 1 is 1.21 bits per heavy atom. The molecular formula is C29H32N2O6S. The molecule has 1 aliphatic carbocycles. The van der Waals surface area contributed by atoms with Crippen molar-refractivity contribution >= 4 is 36.1 Å². The Hall–Kier alpha value is -3.30. The SMILES string of the molecule is C=CCOC(=O)OC(C)C1C(=O)N2C(C(=O)OCC=C)=C(CN3Cc4ccc5c(c4S3)CCC=C5)C(C)C12. The molecule has 1 aromatic carbocycles. The number of hydrogen-bond donors (Lipinski definition) is 0. The van der Waals surface area contributed by atoms with E-state index in [9.17, 15) is 14.4 Å². The molecule has 5 rings (SSSR count). The average molecular weight is 537 g/mol. The topological polar surface area (TPSA) is 85.4 Å². The standard InChI is InChI=1S/C29H32N2O6S/c1-5-13-35-28(33)25-22(16-30-15-20-12-11-19-9-7-8-10-21(19)26(20)38-30)17(3)24-23(27(32)31(24)25)18(4)37-29(34)36-14-6-2/h5-7,9,11-12,17-18,23-24H,1-2,8,10,13-16H2,3-4H3. The Kier molecular flexibility index (Phi) is 7.49. The van der Waals surface area contributed by atoms with Gasteiger partial charge < -0.3 is 19.1 Å². The van der Waals surface area contributed by atoms with Gasteiger partial charge in [-0.3, -0.25) is 4.79 Å². The molecule has 1 amide bonds. The Balaban J connectivity index is 1.37. The van der Waals surface area contributed by atoms with Gasteiger partial charge in [0.15, 0.2) is 0 Å². The first-order valence-corrected chi connectivity index (χ1v) is 13.7. The lowest BCUT2D eigenvalue weighted by Gasteiger charge is -2.47. The molecule has 0 radical (unpaired) electrons. The summed E-state index contributed by atoms with van der Waals surface area (Å²) in [6.45, 7) is 12.2. The van der Waals surface area contributed by atoms with Crippen LogP contribution in [0.5, 0.6) is 0 Å². The van der Waals surface area contributed by atoms with Crippen LogP contribution in [0.3, 0.4) is 0 Å². The molecule has 0 bridgehead atoms. The van der Waals surface area contributed by atoms with Crippen LogP contribution >= 0.6 is 11.9 Å². The number of amides is 1. The predicted octanol–water partition coefficient (Wildman–Crippen LogP) is 4.66. The highest BCUT2D eigenvalue weighted by Crippen LogP contribution is 2.50. The van der Waals surface area contributed by atoms with Gasteiger partial charge in [-0.15, -0.1) is 0 Å². The molecule has 1 aromatic rings. The van der Waals surface area contributed by atoms with Crippen LogP contribution in [0.4, 0.5) is 4.79 Å². The zero-order chi connectivity index (χ0) is 27.0. The van der Waals surface area contributed by atoms with Gasteiger partial charge in [-0.2, -0.15) is 0 Å². The van der Waals surface area contributed by atoms with Gasteiger partial charge in [-0.1, -0.05) is 56.5 Å². The van der Waals surface area contributed by atoms with E-state index in [2.05, 4.69) is 41.7 Å². The van der Waals surface area contributed by atoms with E-state index < -0.39 is 24.1 Å². The van der Waals surface area contributed by atoms with Gasteiger partial charge in [0.1, 0.15) is 25.0 Å². The molecule has 9 heteroatoms. The number of allylic oxidation sites excluding steroid dienone is 1. The maximum atomic E-state index is 13.3. The number of benzene rings is 1. The molecule has 8 nitrogen and oxygen atoms in total. The van der Waals surface area contributed by atoms with Crippen LogP contribution in [0.15, 0.2) is 59.7 Å². The number of esters is 1. The van der Waals surface area contributed by atoms with Crippen LogP contribution < -0.4 is 0 Å². The highest BCUT2D eigenvalue weighted by atomic mass is 32.2. The summed E-state index contributed by atoms with van der Waals surface area (Å²) in [5, 5.41) is 0. The lowest BCUT2D eigenvalue weighted by Crippen LogP contribution is -2.64. The van der Waals surface area contributed by atoms with E-state index in [4.69, 9.17) is 14.2 Å². The molecule has 38 heavy (non-hydrogen) atoms. The fourth-order valence-corrected chi connectivity index (χ4v) is 7.08. The van der Waals surface area contributed by atoms with Gasteiger partial charge in [0.05, 0.1) is 12.0 Å². The lowest BCUT2D eigenvalue weighted by molar-refractivity contribution is -0.164. The van der Waals surface area contributed by atoms with Gasteiger partial charge in [-0.05, 0) is 54.0 Å². The summed E-state index contributed by atoms with van der Waals surface area (Å²) in [6, 6.07) is 4.05. The molecule has 0 saturated carbocycles. The van der Waals surface area contributed by atoms with Crippen LogP contribution in [-0.2, 0) is 36.8 Å². The minimum atomic E-state index is -0.850. The number of nitrogens with zero attached hydrogens (tertiary/aromatic N) is 2. The van der Waals surface area contributed by atoms with Gasteiger partial charge in [0.25, 0.3) is 0 Å². The van der Waals surface area contributed by atoms with Crippen LogP contribution in [-0.4, -0.2) is 59.1 Å². The molecule has 4 atom stereocenters. The van der Waals surface area contributed by atoms with Crippen LogP contribution in [0, 0.1) is 11.8 Å². The summed E-state index contributed by atoms with van der Waals surface area (Å²) in [7, 11) is 0. The smallest absolute Gasteiger partial charge is 0.457 e. The fourth-order valence-electron chi connectivity index (χ4n) is 5.83. The maximum Gasteiger partial charge on any atom is 0.508 e. The number of fused-ring (bicyclic) bond motifs is 4. The predicted molar refractivity (Wildman–Crippen MR) is 144 cm³/mol. The third-order valence-electron chi connectivity index (χ3n) is 7.58. The maximum absolute atomic E-state index is 13.3. The summed E-state index contributed by atoms with van der Waals surface area (Å²) in [5.41, 5.74) is 5.09. The molecule has 4 unspecified atom stereocenters. The monoisotopic (exact) mass is 536 g/mol. The molecule has 0 N–H and O–H groups in total. The average Bonchev–Trinajstić information content (AvgIpc) is 3.43. The Morgan fingerprint density at radius 2 is 1.97 bits per heavy atom. The molecule has 3 heterocycles. The summed E-state index contributed by atoms with van der Waals surface area (Å²) in [4.78, 5) is 41.3. The van der Waals surface area contributed by atoms with Crippen molar-refractivity contribution in [2.45, 2.75) is 50.3 Å². The molecule has 200 valence electrons. The van der Waals surface area contributed by atoms with E-state index >= 15 is 0 Å². The second-order valence-corrected chi connectivity index (χ2v) is 11.0.